The van der Waals surface area contributed by atoms with Crippen LogP contribution in [0.3, 0.4) is 0 Å². The maximum atomic E-state index is 11.6. The lowest BCUT2D eigenvalue weighted by Gasteiger charge is -2.06. The van der Waals surface area contributed by atoms with Crippen LogP contribution in [-0.4, -0.2) is 76.7 Å². The highest BCUT2D eigenvalue weighted by molar-refractivity contribution is 5.92. The molecule has 0 spiro atoms. The molecular formula is C22H32O10. The molecule has 1 aliphatic heterocycles. The molecule has 0 saturated carbocycles. The number of hydrogen-bond donors (Lipinski definition) is 0. The van der Waals surface area contributed by atoms with Crippen molar-refractivity contribution in [2.24, 2.45) is 0 Å². The van der Waals surface area contributed by atoms with E-state index in [-0.39, 0.29) is 52.9 Å². The Morgan fingerprint density at radius 3 is 1.03 bits per heavy atom. The van der Waals surface area contributed by atoms with Gasteiger partial charge >= 0.3 is 23.9 Å². The van der Waals surface area contributed by atoms with E-state index < -0.39 is 23.9 Å². The monoisotopic (exact) mass is 456 g/mol. The Bertz CT molecular complexity index is 520. The van der Waals surface area contributed by atoms with E-state index in [2.05, 4.69) is 0 Å². The number of cyclic esters (lactones) is 4. The first-order valence-electron chi connectivity index (χ1n) is 10.8. The van der Waals surface area contributed by atoms with Gasteiger partial charge in [-0.1, -0.05) is 25.7 Å². The van der Waals surface area contributed by atoms with Gasteiger partial charge in [0.1, 0.15) is 13.2 Å². The number of ether oxygens (including phenoxy) is 6. The van der Waals surface area contributed by atoms with Gasteiger partial charge in [-0.05, 0) is 12.8 Å². The highest BCUT2D eigenvalue weighted by Gasteiger charge is 2.03. The highest BCUT2D eigenvalue weighted by Crippen LogP contribution is 2.06. The van der Waals surface area contributed by atoms with E-state index in [0.717, 1.165) is 62.8 Å². The summed E-state index contributed by atoms with van der Waals surface area (Å²) in [5, 5.41) is 0. The Labute approximate surface area is 187 Å². The minimum absolute atomic E-state index is 0.0323. The van der Waals surface area contributed by atoms with Crippen molar-refractivity contribution in [3.05, 3.63) is 24.3 Å². The van der Waals surface area contributed by atoms with E-state index in [1.165, 1.54) is 0 Å². The van der Waals surface area contributed by atoms with Gasteiger partial charge in [0.25, 0.3) is 0 Å². The topological polar surface area (TPSA) is 124 Å². The zero-order valence-electron chi connectivity index (χ0n) is 18.3. The van der Waals surface area contributed by atoms with Crippen molar-refractivity contribution >= 4 is 23.9 Å². The van der Waals surface area contributed by atoms with Gasteiger partial charge in [0.05, 0.1) is 39.6 Å². The van der Waals surface area contributed by atoms with Crippen molar-refractivity contribution in [1.82, 2.24) is 0 Å². The van der Waals surface area contributed by atoms with Gasteiger partial charge in [-0.15, -0.1) is 0 Å². The van der Waals surface area contributed by atoms with Crippen LogP contribution in [0.15, 0.2) is 24.3 Å². The van der Waals surface area contributed by atoms with Gasteiger partial charge in [0.15, 0.2) is 0 Å². The molecule has 0 aromatic heterocycles. The Morgan fingerprint density at radius 1 is 0.375 bits per heavy atom. The van der Waals surface area contributed by atoms with Crippen LogP contribution < -0.4 is 0 Å². The van der Waals surface area contributed by atoms with E-state index in [1.807, 2.05) is 0 Å². The second-order valence-corrected chi connectivity index (χ2v) is 6.68. The summed E-state index contributed by atoms with van der Waals surface area (Å²) in [5.74, 6) is -2.50. The van der Waals surface area contributed by atoms with Crippen molar-refractivity contribution < 1.29 is 47.6 Å². The van der Waals surface area contributed by atoms with Crippen molar-refractivity contribution in [2.45, 2.75) is 38.5 Å². The van der Waals surface area contributed by atoms with Crippen LogP contribution >= 0.6 is 0 Å². The van der Waals surface area contributed by atoms with E-state index in [9.17, 15) is 19.2 Å². The molecule has 32 heavy (non-hydrogen) atoms. The van der Waals surface area contributed by atoms with Gasteiger partial charge < -0.3 is 28.4 Å². The lowest BCUT2D eigenvalue weighted by atomic mass is 10.1. The zero-order valence-corrected chi connectivity index (χ0v) is 18.3. The van der Waals surface area contributed by atoms with Gasteiger partial charge in [-0.3, -0.25) is 0 Å². The lowest BCUT2D eigenvalue weighted by Crippen LogP contribution is -2.14. The van der Waals surface area contributed by atoms with E-state index in [1.54, 1.807) is 0 Å². The molecule has 0 atom stereocenters. The third kappa shape index (κ3) is 17.0. The van der Waals surface area contributed by atoms with Crippen LogP contribution in [0, 0.1) is 0 Å². The summed E-state index contributed by atoms with van der Waals surface area (Å²) in [5.41, 5.74) is 0. The normalized spacial score (nSPS) is 22.8. The van der Waals surface area contributed by atoms with Gasteiger partial charge in [-0.25, -0.2) is 19.2 Å². The number of hydrogen-bond acceptors (Lipinski definition) is 10. The second kappa shape index (κ2) is 19.0. The van der Waals surface area contributed by atoms with Crippen molar-refractivity contribution in [1.29, 1.82) is 0 Å². The Hall–Kier alpha value is -2.72. The minimum Gasteiger partial charge on any atom is -0.463 e. The summed E-state index contributed by atoms with van der Waals surface area (Å²) in [6.45, 7) is 1.49. The van der Waals surface area contributed by atoms with Crippen LogP contribution in [0.25, 0.3) is 0 Å². The highest BCUT2D eigenvalue weighted by atomic mass is 16.6. The molecule has 180 valence electrons. The molecular weight excluding hydrogens is 424 g/mol. The zero-order chi connectivity index (χ0) is 23.3. The lowest BCUT2D eigenvalue weighted by molar-refractivity contribution is -0.142. The predicted octanol–water partition coefficient (Wildman–Crippen LogP) is 1.66. The Morgan fingerprint density at radius 2 is 0.656 bits per heavy atom. The van der Waals surface area contributed by atoms with Crippen molar-refractivity contribution in [3.8, 4) is 0 Å². The fourth-order valence-electron chi connectivity index (χ4n) is 2.45. The van der Waals surface area contributed by atoms with Crippen LogP contribution in [0.1, 0.15) is 38.5 Å². The second-order valence-electron chi connectivity index (χ2n) is 6.68. The van der Waals surface area contributed by atoms with E-state index in [4.69, 9.17) is 28.4 Å². The molecule has 10 nitrogen and oxygen atoms in total. The maximum Gasteiger partial charge on any atom is 0.331 e. The average molecular weight is 456 g/mol. The van der Waals surface area contributed by atoms with E-state index in [0.29, 0.717) is 0 Å². The quantitative estimate of drug-likeness (QED) is 0.393. The first kappa shape index (κ1) is 27.3. The van der Waals surface area contributed by atoms with E-state index >= 15 is 0 Å². The molecule has 0 fully saturated rings. The molecule has 1 aliphatic rings. The predicted molar refractivity (Wildman–Crippen MR) is 111 cm³/mol. The fourth-order valence-corrected chi connectivity index (χ4v) is 2.45. The minimum atomic E-state index is -0.656. The van der Waals surface area contributed by atoms with Gasteiger partial charge in [-0.2, -0.15) is 0 Å². The molecule has 1 heterocycles. The third-order valence-corrected chi connectivity index (χ3v) is 4.05. The maximum absolute atomic E-state index is 11.6. The summed E-state index contributed by atoms with van der Waals surface area (Å²) in [6.07, 6.45) is 9.28. The standard InChI is InChI=1S/C22H32O10/c23-19-7-9-21(25)31-17-15-27-13-14-28-16-18-32-22(26)10-8-20(24)30-12-6-4-2-1-3-5-11-29-19/h7-10H,1-6,11-18H2/b9-7+,10-8+. The summed E-state index contributed by atoms with van der Waals surface area (Å²) in [4.78, 5) is 46.1. The molecule has 10 heteroatoms. The molecule has 0 aromatic rings. The van der Waals surface area contributed by atoms with Crippen LogP contribution in [0.2, 0.25) is 0 Å². The first-order chi connectivity index (χ1) is 15.6. The van der Waals surface area contributed by atoms with Crippen molar-refractivity contribution in [3.63, 3.8) is 0 Å². The molecule has 1 rings (SSSR count). The summed E-state index contributed by atoms with van der Waals surface area (Å²) in [7, 11) is 0. The number of esters is 4. The van der Waals surface area contributed by atoms with Crippen LogP contribution in [0.5, 0.6) is 0 Å². The first-order valence-corrected chi connectivity index (χ1v) is 10.8. The van der Waals surface area contributed by atoms with Crippen LogP contribution in [-0.2, 0) is 47.6 Å². The summed E-state index contributed by atoms with van der Waals surface area (Å²) < 4.78 is 30.3. The SMILES string of the molecule is O=C1/C=C/C(=O)OCCOCCOCCOC(=O)/C=C/C(=O)OCCCCCCCCO1. The van der Waals surface area contributed by atoms with Gasteiger partial charge in [0.2, 0.25) is 0 Å². The molecule has 0 radical (unpaired) electrons. The Kier molecular flexibility index (Phi) is 16.2. The number of carbonyl (C=O) groups excluding carboxylic acids is 4. The third-order valence-electron chi connectivity index (χ3n) is 4.05. The molecule has 0 bridgehead atoms. The largest absolute Gasteiger partial charge is 0.463 e. The molecule has 0 aromatic carbocycles. The fraction of sp³-hybridized carbons (Fsp3) is 0.636. The molecule has 0 N–H and O–H groups in total. The smallest absolute Gasteiger partial charge is 0.331 e. The van der Waals surface area contributed by atoms with Crippen molar-refractivity contribution in [2.75, 3.05) is 52.9 Å². The molecule has 0 aliphatic carbocycles. The average Bonchev–Trinajstić information content (AvgIpc) is 2.78. The summed E-state index contributed by atoms with van der Waals surface area (Å²) >= 11 is 0. The molecule has 0 saturated heterocycles. The van der Waals surface area contributed by atoms with Crippen LogP contribution in [0.4, 0.5) is 0 Å². The molecule has 0 amide bonds. The Balaban J connectivity index is 2.34. The van der Waals surface area contributed by atoms with Gasteiger partial charge in [0, 0.05) is 24.3 Å². The summed E-state index contributed by atoms with van der Waals surface area (Å²) in [6, 6.07) is 0. The number of rotatable bonds is 0. The number of carbonyl (C=O) groups is 4. The molecule has 0 unspecified atom stereocenters.